The Hall–Kier alpha value is -3.39. The van der Waals surface area contributed by atoms with E-state index in [9.17, 15) is 9.59 Å². The number of aryl methyl sites for hydroxylation is 1. The van der Waals surface area contributed by atoms with Gasteiger partial charge in [-0.3, -0.25) is 14.6 Å². The Bertz CT molecular complexity index is 1340. The number of H-pyrrole nitrogens is 1. The van der Waals surface area contributed by atoms with Crippen LogP contribution in [-0.2, 0) is 4.79 Å². The lowest BCUT2D eigenvalue weighted by Gasteiger charge is -2.15. The molecular weight excluding hydrogens is 434 g/mol. The normalized spacial score (nSPS) is 15.9. The molecule has 0 spiro atoms. The Labute approximate surface area is 196 Å². The zero-order valence-electron chi connectivity index (χ0n) is 18.8. The summed E-state index contributed by atoms with van der Waals surface area (Å²) in [6.07, 6.45) is 3.10. The van der Waals surface area contributed by atoms with Crippen molar-refractivity contribution >= 4 is 55.6 Å². The number of hydrogen-bond donors (Lipinski definition) is 3. The number of rotatable bonds is 6. The van der Waals surface area contributed by atoms with Gasteiger partial charge in [0.1, 0.15) is 0 Å². The molecule has 1 aliphatic heterocycles. The van der Waals surface area contributed by atoms with E-state index in [1.165, 1.54) is 11.3 Å². The summed E-state index contributed by atoms with van der Waals surface area (Å²) in [7, 11) is 0. The van der Waals surface area contributed by atoms with Crippen molar-refractivity contribution in [2.75, 3.05) is 25.0 Å². The van der Waals surface area contributed by atoms with Crippen molar-refractivity contribution in [2.45, 2.75) is 26.7 Å². The highest BCUT2D eigenvalue weighted by molar-refractivity contribution is 7.21. The summed E-state index contributed by atoms with van der Waals surface area (Å²) >= 11 is 1.47. The van der Waals surface area contributed by atoms with Crippen LogP contribution in [0.1, 0.15) is 35.1 Å². The van der Waals surface area contributed by atoms with Crippen molar-refractivity contribution in [1.82, 2.24) is 20.2 Å². The number of likely N-dealkylation sites (tertiary alicyclic amines) is 1. The van der Waals surface area contributed by atoms with Crippen LogP contribution in [0, 0.1) is 12.8 Å². The maximum Gasteiger partial charge on any atom is 0.264 e. The number of amides is 2. The maximum absolute atomic E-state index is 13.2. The topological polar surface area (TPSA) is 90.1 Å². The smallest absolute Gasteiger partial charge is 0.264 e. The van der Waals surface area contributed by atoms with Gasteiger partial charge in [-0.2, -0.15) is 0 Å². The summed E-state index contributed by atoms with van der Waals surface area (Å²) in [6, 6.07) is 12.2. The number of anilines is 2. The van der Waals surface area contributed by atoms with E-state index in [4.69, 9.17) is 0 Å². The number of fused-ring (bicyclic) bond motifs is 2. The third-order valence-corrected chi connectivity index (χ3v) is 7.22. The minimum Gasteiger partial charge on any atom is -0.359 e. The maximum atomic E-state index is 13.2. The number of carbonyl (C=O) groups excluding carboxylic acids is 2. The molecule has 33 heavy (non-hydrogen) atoms. The van der Waals surface area contributed by atoms with Crippen LogP contribution in [-0.4, -0.2) is 46.3 Å². The average molecular weight is 462 g/mol. The molecule has 1 aliphatic rings. The second-order valence-corrected chi connectivity index (χ2v) is 9.68. The minimum atomic E-state index is 0.0200. The summed E-state index contributed by atoms with van der Waals surface area (Å²) in [5.41, 5.74) is 4.97. The molecule has 0 aliphatic carbocycles. The molecule has 4 heterocycles. The number of pyridine rings is 1. The van der Waals surface area contributed by atoms with Gasteiger partial charge in [-0.05, 0) is 62.6 Å². The van der Waals surface area contributed by atoms with Gasteiger partial charge in [-0.1, -0.05) is 0 Å². The van der Waals surface area contributed by atoms with Crippen molar-refractivity contribution in [1.29, 1.82) is 0 Å². The number of benzene rings is 1. The summed E-state index contributed by atoms with van der Waals surface area (Å²) in [5.74, 6) is 0.301. The Morgan fingerprint density at radius 3 is 2.97 bits per heavy atom. The third-order valence-electron chi connectivity index (χ3n) is 6.08. The molecule has 5 rings (SSSR count). The van der Waals surface area contributed by atoms with Crippen molar-refractivity contribution in [2.24, 2.45) is 5.92 Å². The largest absolute Gasteiger partial charge is 0.359 e. The summed E-state index contributed by atoms with van der Waals surface area (Å²) < 4.78 is 0.962. The number of nitrogens with zero attached hydrogens (tertiary/aromatic N) is 2. The highest BCUT2D eigenvalue weighted by atomic mass is 32.1. The van der Waals surface area contributed by atoms with Crippen LogP contribution >= 0.6 is 11.3 Å². The van der Waals surface area contributed by atoms with Gasteiger partial charge < -0.3 is 20.5 Å². The lowest BCUT2D eigenvalue weighted by atomic mass is 10.0. The second-order valence-electron chi connectivity index (χ2n) is 8.63. The van der Waals surface area contributed by atoms with Crippen molar-refractivity contribution in [3.8, 4) is 0 Å². The van der Waals surface area contributed by atoms with Gasteiger partial charge in [-0.25, -0.2) is 0 Å². The number of aromatic amines is 1. The third kappa shape index (κ3) is 4.43. The highest BCUT2D eigenvalue weighted by Crippen LogP contribution is 2.34. The predicted molar refractivity (Wildman–Crippen MR) is 133 cm³/mol. The molecule has 2 amide bonds. The molecule has 7 nitrogen and oxygen atoms in total. The van der Waals surface area contributed by atoms with Crippen LogP contribution in [0.3, 0.4) is 0 Å². The highest BCUT2D eigenvalue weighted by Gasteiger charge is 2.29. The molecule has 1 atom stereocenters. The van der Waals surface area contributed by atoms with E-state index >= 15 is 0 Å². The van der Waals surface area contributed by atoms with Crippen LogP contribution in [0.25, 0.3) is 21.1 Å². The van der Waals surface area contributed by atoms with E-state index in [0.29, 0.717) is 30.9 Å². The van der Waals surface area contributed by atoms with Gasteiger partial charge in [0.05, 0.1) is 20.8 Å². The van der Waals surface area contributed by atoms with Crippen LogP contribution in [0.5, 0.6) is 0 Å². The Kier molecular flexibility index (Phi) is 5.76. The van der Waals surface area contributed by atoms with Gasteiger partial charge in [0, 0.05) is 54.5 Å². The zero-order valence-corrected chi connectivity index (χ0v) is 19.6. The van der Waals surface area contributed by atoms with Crippen LogP contribution < -0.4 is 10.6 Å². The van der Waals surface area contributed by atoms with Gasteiger partial charge in [0.25, 0.3) is 5.91 Å². The van der Waals surface area contributed by atoms with E-state index in [2.05, 4.69) is 38.8 Å². The average Bonchev–Trinajstić information content (AvgIpc) is 3.51. The van der Waals surface area contributed by atoms with Crippen molar-refractivity contribution < 1.29 is 9.59 Å². The fraction of sp³-hybridized carbons (Fsp3) is 0.320. The van der Waals surface area contributed by atoms with Gasteiger partial charge in [-0.15, -0.1) is 11.3 Å². The van der Waals surface area contributed by atoms with Gasteiger partial charge in [0.15, 0.2) is 0 Å². The summed E-state index contributed by atoms with van der Waals surface area (Å²) in [4.78, 5) is 35.4. The quantitative estimate of drug-likeness (QED) is 0.384. The van der Waals surface area contributed by atoms with Crippen molar-refractivity contribution in [3.05, 3.63) is 53.2 Å². The number of thiophene rings is 1. The number of nitrogens with one attached hydrogen (secondary N) is 3. The Balaban J connectivity index is 1.34. The van der Waals surface area contributed by atoms with Crippen LogP contribution in [0.2, 0.25) is 0 Å². The molecule has 1 saturated heterocycles. The number of hydrogen-bond acceptors (Lipinski definition) is 5. The standard InChI is InChI=1S/C25H27N5O2S/c1-3-26-23(31)11-16-7-9-30(14-16)25(32)22-13-21-24(33-22)20(6-8-27-21)29-18-4-5-19-17(12-18)10-15(2)28-19/h4-6,8,10,12-13,16,28H,3,7,9,11,14H2,1-2H3,(H,26,31)(H,27,29). The molecular formula is C25H27N5O2S. The molecule has 1 unspecified atom stereocenters. The minimum absolute atomic E-state index is 0.0200. The molecule has 0 radical (unpaired) electrons. The molecule has 1 aromatic carbocycles. The van der Waals surface area contributed by atoms with E-state index in [1.54, 1.807) is 6.20 Å². The fourth-order valence-corrected chi connectivity index (χ4v) is 5.58. The summed E-state index contributed by atoms with van der Waals surface area (Å²) in [6.45, 7) is 5.91. The van der Waals surface area contributed by atoms with E-state index in [1.807, 2.05) is 36.9 Å². The van der Waals surface area contributed by atoms with Gasteiger partial charge in [0.2, 0.25) is 5.91 Å². The van der Waals surface area contributed by atoms with Gasteiger partial charge >= 0.3 is 0 Å². The first-order valence-electron chi connectivity index (χ1n) is 11.3. The monoisotopic (exact) mass is 461 g/mol. The molecule has 3 aromatic heterocycles. The number of aromatic nitrogens is 2. The first-order chi connectivity index (χ1) is 16.0. The second kappa shape index (κ2) is 8.86. The Morgan fingerprint density at radius 1 is 1.24 bits per heavy atom. The first-order valence-corrected chi connectivity index (χ1v) is 12.1. The molecule has 170 valence electrons. The fourth-order valence-electron chi connectivity index (χ4n) is 4.52. The van der Waals surface area contributed by atoms with E-state index in [-0.39, 0.29) is 17.7 Å². The molecule has 0 bridgehead atoms. The summed E-state index contributed by atoms with van der Waals surface area (Å²) in [5, 5.41) is 7.50. The number of carbonyl (C=O) groups is 2. The van der Waals surface area contributed by atoms with Crippen molar-refractivity contribution in [3.63, 3.8) is 0 Å². The van der Waals surface area contributed by atoms with Crippen LogP contribution in [0.4, 0.5) is 11.4 Å². The van der Waals surface area contributed by atoms with E-state index in [0.717, 1.165) is 44.6 Å². The lowest BCUT2D eigenvalue weighted by molar-refractivity contribution is -0.121. The molecule has 8 heteroatoms. The zero-order chi connectivity index (χ0) is 22.9. The first kappa shape index (κ1) is 21.5. The molecule has 0 saturated carbocycles. The predicted octanol–water partition coefficient (Wildman–Crippen LogP) is 4.82. The Morgan fingerprint density at radius 2 is 2.12 bits per heavy atom. The van der Waals surface area contributed by atoms with E-state index < -0.39 is 0 Å². The lowest BCUT2D eigenvalue weighted by Crippen LogP contribution is -2.30. The molecule has 1 fully saturated rings. The molecule has 3 N–H and O–H groups in total. The molecule has 4 aromatic rings. The van der Waals surface area contributed by atoms with Crippen LogP contribution in [0.15, 0.2) is 42.6 Å². The SMILES string of the molecule is CCNC(=O)CC1CCN(C(=O)c2cc3nccc(Nc4ccc5[nH]c(C)cc5c4)c3s2)C1.